The number of aryl methyl sites for hydroxylation is 1. The van der Waals surface area contributed by atoms with Crippen LogP contribution in [-0.4, -0.2) is 20.0 Å². The Bertz CT molecular complexity index is 890. The fourth-order valence-electron chi connectivity index (χ4n) is 2.15. The Balaban J connectivity index is 1.84. The molecule has 1 aromatic carbocycles. The van der Waals surface area contributed by atoms with Crippen LogP contribution in [0.15, 0.2) is 52.0 Å². The van der Waals surface area contributed by atoms with Gasteiger partial charge in [0.2, 0.25) is 11.0 Å². The van der Waals surface area contributed by atoms with Gasteiger partial charge in [-0.3, -0.25) is 18.6 Å². The molecule has 0 aliphatic carbocycles. The number of aromatic nitrogens is 1. The molecule has 9 heteroatoms. The van der Waals surface area contributed by atoms with E-state index in [9.17, 15) is 13.9 Å². The van der Waals surface area contributed by atoms with Crippen LogP contribution >= 0.6 is 22.1 Å². The van der Waals surface area contributed by atoms with Crippen molar-refractivity contribution in [2.75, 3.05) is 10.0 Å². The van der Waals surface area contributed by atoms with Gasteiger partial charge < -0.3 is 9.73 Å². The zero-order valence-corrected chi connectivity index (χ0v) is 15.1. The van der Waals surface area contributed by atoms with Gasteiger partial charge in [-0.1, -0.05) is 40.3 Å². The smallest absolute Gasteiger partial charge is 0.232 e. The Labute approximate surface area is 150 Å². The number of hydrogen-bond acceptors (Lipinski definition) is 7. The van der Waals surface area contributed by atoms with Gasteiger partial charge in [0.25, 0.3) is 0 Å². The van der Waals surface area contributed by atoms with E-state index >= 15 is 0 Å². The standard InChI is InChI=1S/C16H17N3O4S2/c1-10-15(24-16(17-10)18-11(2)20)13-8-9-14(23-13)25(21,22)19-12-6-4-3-5-7-12/h3-9,19,21-22H,1-2H3,(H,17,18,20). The summed E-state index contributed by atoms with van der Waals surface area (Å²) in [5.74, 6) is 0.248. The summed E-state index contributed by atoms with van der Waals surface area (Å²) in [5, 5.41) is 3.12. The Hall–Kier alpha value is -2.33. The van der Waals surface area contributed by atoms with Gasteiger partial charge in [0.1, 0.15) is 5.76 Å². The second-order valence-electron chi connectivity index (χ2n) is 5.25. The van der Waals surface area contributed by atoms with Crippen molar-refractivity contribution < 1.29 is 18.3 Å². The number of amides is 1. The normalized spacial score (nSPS) is 12.0. The van der Waals surface area contributed by atoms with E-state index in [4.69, 9.17) is 4.42 Å². The molecule has 0 saturated carbocycles. The predicted molar refractivity (Wildman–Crippen MR) is 100 cm³/mol. The van der Waals surface area contributed by atoms with Gasteiger partial charge in [-0.2, -0.15) is 0 Å². The number of furan rings is 1. The summed E-state index contributed by atoms with van der Waals surface area (Å²) < 4.78 is 29.0. The lowest BCUT2D eigenvalue weighted by molar-refractivity contribution is -0.114. The number of benzene rings is 1. The quantitative estimate of drug-likeness (QED) is 0.507. The molecule has 0 aliphatic rings. The highest BCUT2D eigenvalue weighted by Gasteiger charge is 2.22. The zero-order valence-electron chi connectivity index (χ0n) is 13.5. The minimum atomic E-state index is -3.33. The van der Waals surface area contributed by atoms with E-state index in [1.807, 2.05) is 6.07 Å². The van der Waals surface area contributed by atoms with Gasteiger partial charge in [-0.05, 0) is 25.1 Å². The molecular weight excluding hydrogens is 362 g/mol. The second kappa shape index (κ2) is 6.89. The van der Waals surface area contributed by atoms with E-state index in [2.05, 4.69) is 15.0 Å². The van der Waals surface area contributed by atoms with Gasteiger partial charge >= 0.3 is 0 Å². The third-order valence-electron chi connectivity index (χ3n) is 3.20. The van der Waals surface area contributed by atoms with Crippen LogP contribution in [0.1, 0.15) is 12.6 Å². The largest absolute Gasteiger partial charge is 0.438 e. The van der Waals surface area contributed by atoms with Crippen LogP contribution in [0.25, 0.3) is 10.6 Å². The first-order valence-electron chi connectivity index (χ1n) is 7.31. The maximum atomic E-state index is 11.1. The first-order chi connectivity index (χ1) is 11.8. The number of anilines is 2. The Kier molecular flexibility index (Phi) is 4.82. The van der Waals surface area contributed by atoms with Crippen LogP contribution < -0.4 is 10.0 Å². The van der Waals surface area contributed by atoms with Crippen LogP contribution in [0.4, 0.5) is 10.8 Å². The fourth-order valence-corrected chi connectivity index (χ4v) is 4.15. The lowest BCUT2D eigenvalue weighted by Gasteiger charge is -2.30. The topological polar surface area (TPSA) is 108 Å². The minimum absolute atomic E-state index is 0.0280. The van der Waals surface area contributed by atoms with Gasteiger partial charge in [0.05, 0.1) is 16.3 Å². The highest BCUT2D eigenvalue weighted by molar-refractivity contribution is 8.25. The molecular formula is C16H17N3O4S2. The Morgan fingerprint density at radius 2 is 1.92 bits per heavy atom. The summed E-state index contributed by atoms with van der Waals surface area (Å²) in [6, 6.07) is 12.0. The molecule has 4 N–H and O–H groups in total. The lowest BCUT2D eigenvalue weighted by atomic mass is 10.3. The molecule has 0 saturated heterocycles. The summed E-state index contributed by atoms with van der Waals surface area (Å²) in [5.41, 5.74) is 1.25. The molecule has 0 spiro atoms. The number of para-hydroxylation sites is 1. The Morgan fingerprint density at radius 1 is 1.20 bits per heavy atom. The maximum Gasteiger partial charge on any atom is 0.232 e. The Morgan fingerprint density at radius 3 is 2.60 bits per heavy atom. The summed E-state index contributed by atoms with van der Waals surface area (Å²) >= 11 is 1.26. The molecule has 1 amide bonds. The minimum Gasteiger partial charge on any atom is -0.438 e. The molecule has 0 atom stereocenters. The van der Waals surface area contributed by atoms with Crippen molar-refractivity contribution in [3.05, 3.63) is 48.2 Å². The van der Waals surface area contributed by atoms with Crippen molar-refractivity contribution in [1.29, 1.82) is 0 Å². The lowest BCUT2D eigenvalue weighted by Crippen LogP contribution is -2.08. The average molecular weight is 379 g/mol. The van der Waals surface area contributed by atoms with Crippen molar-refractivity contribution in [3.8, 4) is 10.6 Å². The summed E-state index contributed by atoms with van der Waals surface area (Å²) in [4.78, 5) is 16.1. The van der Waals surface area contributed by atoms with Crippen molar-refractivity contribution >= 4 is 38.8 Å². The van der Waals surface area contributed by atoms with Crippen molar-refractivity contribution in [2.45, 2.75) is 18.9 Å². The third kappa shape index (κ3) is 4.02. The number of hydrogen-bond donors (Lipinski definition) is 4. The van der Waals surface area contributed by atoms with E-state index in [-0.39, 0.29) is 11.0 Å². The second-order valence-corrected chi connectivity index (χ2v) is 7.95. The molecule has 3 aromatic rings. The maximum absolute atomic E-state index is 11.1. The molecule has 0 radical (unpaired) electrons. The fraction of sp³-hybridized carbons (Fsp3) is 0.125. The first-order valence-corrected chi connectivity index (χ1v) is 9.68. The number of carbonyl (C=O) groups excluding carboxylic acids is 1. The van der Waals surface area contributed by atoms with Gasteiger partial charge in [-0.15, -0.1) is 0 Å². The van der Waals surface area contributed by atoms with E-state index in [0.717, 1.165) is 0 Å². The molecule has 7 nitrogen and oxygen atoms in total. The molecule has 0 fully saturated rings. The van der Waals surface area contributed by atoms with Crippen molar-refractivity contribution in [3.63, 3.8) is 0 Å². The number of nitrogens with one attached hydrogen (secondary N) is 2. The van der Waals surface area contributed by atoms with Crippen LogP contribution in [-0.2, 0) is 4.79 Å². The highest BCUT2D eigenvalue weighted by atomic mass is 32.3. The van der Waals surface area contributed by atoms with Crippen LogP contribution in [0.3, 0.4) is 0 Å². The van der Waals surface area contributed by atoms with Crippen LogP contribution in [0, 0.1) is 6.92 Å². The number of thiazole rings is 1. The number of carbonyl (C=O) groups is 1. The summed E-state index contributed by atoms with van der Waals surface area (Å²) in [7, 11) is -3.33. The number of nitrogens with zero attached hydrogens (tertiary/aromatic N) is 1. The van der Waals surface area contributed by atoms with Gasteiger partial charge in [0.15, 0.2) is 5.13 Å². The molecule has 2 heterocycles. The SMILES string of the molecule is CC(=O)Nc1nc(C)c(-c2ccc(S(O)(O)Nc3ccccc3)o2)s1. The van der Waals surface area contributed by atoms with E-state index < -0.39 is 10.8 Å². The summed E-state index contributed by atoms with van der Waals surface area (Å²) in [6.07, 6.45) is 0. The predicted octanol–water partition coefficient (Wildman–Crippen LogP) is 4.81. The molecule has 2 aromatic heterocycles. The average Bonchev–Trinajstić information content (AvgIpc) is 3.14. The molecule has 0 bridgehead atoms. The monoisotopic (exact) mass is 379 g/mol. The van der Waals surface area contributed by atoms with Crippen LogP contribution in [0.2, 0.25) is 0 Å². The molecule has 25 heavy (non-hydrogen) atoms. The van der Waals surface area contributed by atoms with Crippen LogP contribution in [0.5, 0.6) is 0 Å². The van der Waals surface area contributed by atoms with E-state index in [1.54, 1.807) is 37.3 Å². The molecule has 0 unspecified atom stereocenters. The van der Waals surface area contributed by atoms with Gasteiger partial charge in [-0.25, -0.2) is 4.98 Å². The van der Waals surface area contributed by atoms with Crippen molar-refractivity contribution in [1.82, 2.24) is 4.98 Å². The molecule has 0 aliphatic heterocycles. The van der Waals surface area contributed by atoms with E-state index in [1.165, 1.54) is 24.3 Å². The van der Waals surface area contributed by atoms with Crippen molar-refractivity contribution in [2.24, 2.45) is 0 Å². The third-order valence-corrected chi connectivity index (χ3v) is 5.59. The first kappa shape index (κ1) is 17.5. The number of rotatable bonds is 5. The molecule has 132 valence electrons. The van der Waals surface area contributed by atoms with E-state index in [0.29, 0.717) is 27.2 Å². The molecule has 3 rings (SSSR count). The van der Waals surface area contributed by atoms with Gasteiger partial charge in [0, 0.05) is 13.0 Å². The highest BCUT2D eigenvalue weighted by Crippen LogP contribution is 2.50. The summed E-state index contributed by atoms with van der Waals surface area (Å²) in [6.45, 7) is 3.20. The zero-order chi connectivity index (χ0) is 18.0.